The molecular weight excluding hydrogens is 236 g/mol. The lowest BCUT2D eigenvalue weighted by atomic mass is 10.2. The van der Waals surface area contributed by atoms with E-state index in [4.69, 9.17) is 5.11 Å². The SMILES string of the molecule is CCC(C)CS(=O)c1ccc(CC(=O)O)cc1. The highest BCUT2D eigenvalue weighted by molar-refractivity contribution is 7.85. The molecule has 4 heteroatoms. The van der Waals surface area contributed by atoms with Crippen LogP contribution in [0.5, 0.6) is 0 Å². The van der Waals surface area contributed by atoms with E-state index in [1.165, 1.54) is 0 Å². The first kappa shape index (κ1) is 13.9. The standard InChI is InChI=1S/C13H18O3S/c1-3-10(2)9-17(16)12-6-4-11(5-7-12)8-13(14)15/h4-7,10H,3,8-9H2,1-2H3,(H,14,15). The highest BCUT2D eigenvalue weighted by atomic mass is 32.2. The van der Waals surface area contributed by atoms with Crippen LogP contribution in [0.25, 0.3) is 0 Å². The summed E-state index contributed by atoms with van der Waals surface area (Å²) in [4.78, 5) is 11.3. The van der Waals surface area contributed by atoms with E-state index in [9.17, 15) is 9.00 Å². The van der Waals surface area contributed by atoms with Crippen molar-refractivity contribution in [3.63, 3.8) is 0 Å². The van der Waals surface area contributed by atoms with Crippen molar-refractivity contribution in [1.82, 2.24) is 0 Å². The number of carboxylic acid groups (broad SMARTS) is 1. The topological polar surface area (TPSA) is 54.4 Å². The molecule has 0 heterocycles. The van der Waals surface area contributed by atoms with Crippen molar-refractivity contribution >= 4 is 16.8 Å². The lowest BCUT2D eigenvalue weighted by Gasteiger charge is -2.08. The fourth-order valence-electron chi connectivity index (χ4n) is 1.41. The maximum Gasteiger partial charge on any atom is 0.307 e. The van der Waals surface area contributed by atoms with Crippen molar-refractivity contribution in [3.05, 3.63) is 29.8 Å². The van der Waals surface area contributed by atoms with Crippen LogP contribution in [-0.2, 0) is 22.0 Å². The van der Waals surface area contributed by atoms with Crippen LogP contribution in [0, 0.1) is 5.92 Å². The van der Waals surface area contributed by atoms with Gasteiger partial charge in [-0.15, -0.1) is 0 Å². The first-order chi connectivity index (χ1) is 8.02. The van der Waals surface area contributed by atoms with Crippen LogP contribution in [0.4, 0.5) is 0 Å². The summed E-state index contributed by atoms with van der Waals surface area (Å²) in [6.45, 7) is 4.16. The number of carbonyl (C=O) groups is 1. The van der Waals surface area contributed by atoms with E-state index in [0.29, 0.717) is 11.7 Å². The van der Waals surface area contributed by atoms with Crippen molar-refractivity contribution < 1.29 is 14.1 Å². The Hall–Kier alpha value is -1.16. The lowest BCUT2D eigenvalue weighted by molar-refractivity contribution is -0.136. The van der Waals surface area contributed by atoms with Gasteiger partial charge in [0.25, 0.3) is 0 Å². The first-order valence-electron chi connectivity index (χ1n) is 5.72. The number of carboxylic acids is 1. The van der Waals surface area contributed by atoms with E-state index in [1.54, 1.807) is 24.3 Å². The van der Waals surface area contributed by atoms with E-state index in [1.807, 2.05) is 0 Å². The van der Waals surface area contributed by atoms with E-state index >= 15 is 0 Å². The molecule has 0 saturated heterocycles. The predicted molar refractivity (Wildman–Crippen MR) is 68.5 cm³/mol. The van der Waals surface area contributed by atoms with Crippen LogP contribution in [0.1, 0.15) is 25.8 Å². The summed E-state index contributed by atoms with van der Waals surface area (Å²) in [5.41, 5.74) is 0.738. The van der Waals surface area contributed by atoms with Crippen molar-refractivity contribution in [2.24, 2.45) is 5.92 Å². The molecule has 0 aliphatic rings. The number of benzene rings is 1. The second-order valence-corrected chi connectivity index (χ2v) is 5.74. The Morgan fingerprint density at radius 1 is 1.35 bits per heavy atom. The third-order valence-corrected chi connectivity index (χ3v) is 4.34. The molecule has 1 N–H and O–H groups in total. The van der Waals surface area contributed by atoms with Gasteiger partial charge in [0, 0.05) is 10.6 Å². The average molecular weight is 254 g/mol. The summed E-state index contributed by atoms with van der Waals surface area (Å²) in [5.74, 6) is 0.252. The molecule has 1 rings (SSSR count). The minimum absolute atomic E-state index is 0.0122. The molecule has 0 saturated carbocycles. The maximum absolute atomic E-state index is 11.9. The van der Waals surface area contributed by atoms with E-state index in [-0.39, 0.29) is 6.42 Å². The van der Waals surface area contributed by atoms with Crippen molar-refractivity contribution in [2.75, 3.05) is 5.75 Å². The Labute approximate surface area is 104 Å². The van der Waals surface area contributed by atoms with Crippen molar-refractivity contribution in [3.8, 4) is 0 Å². The van der Waals surface area contributed by atoms with Crippen LogP contribution in [-0.4, -0.2) is 21.0 Å². The molecule has 0 aliphatic carbocycles. The molecule has 0 amide bonds. The van der Waals surface area contributed by atoms with E-state index in [0.717, 1.165) is 16.9 Å². The van der Waals surface area contributed by atoms with E-state index in [2.05, 4.69) is 13.8 Å². The number of rotatable bonds is 6. The molecule has 0 spiro atoms. The molecular formula is C13H18O3S. The lowest BCUT2D eigenvalue weighted by Crippen LogP contribution is -2.07. The summed E-state index contributed by atoms with van der Waals surface area (Å²) in [5, 5.41) is 8.64. The average Bonchev–Trinajstić information content (AvgIpc) is 2.28. The zero-order valence-corrected chi connectivity index (χ0v) is 11.0. The highest BCUT2D eigenvalue weighted by Crippen LogP contribution is 2.13. The summed E-state index contributed by atoms with van der Waals surface area (Å²) in [6.07, 6.45) is 1.03. The highest BCUT2D eigenvalue weighted by Gasteiger charge is 2.08. The predicted octanol–water partition coefficient (Wildman–Crippen LogP) is 2.47. The summed E-state index contributed by atoms with van der Waals surface area (Å²) < 4.78 is 11.9. The minimum atomic E-state index is -0.982. The van der Waals surface area contributed by atoms with Gasteiger partial charge in [0.15, 0.2) is 0 Å². The molecule has 0 bridgehead atoms. The van der Waals surface area contributed by atoms with Gasteiger partial charge >= 0.3 is 5.97 Å². The van der Waals surface area contributed by atoms with Gasteiger partial charge in [0.1, 0.15) is 0 Å². The van der Waals surface area contributed by atoms with Crippen molar-refractivity contribution in [1.29, 1.82) is 0 Å². The van der Waals surface area contributed by atoms with Gasteiger partial charge in [-0.2, -0.15) is 0 Å². The zero-order valence-electron chi connectivity index (χ0n) is 10.2. The molecule has 1 aromatic carbocycles. The number of hydrogen-bond acceptors (Lipinski definition) is 2. The number of hydrogen-bond donors (Lipinski definition) is 1. The summed E-state index contributed by atoms with van der Waals surface area (Å²) in [7, 11) is -0.982. The smallest absolute Gasteiger partial charge is 0.307 e. The van der Waals surface area contributed by atoms with Crippen LogP contribution < -0.4 is 0 Å². The van der Waals surface area contributed by atoms with Crippen LogP contribution in [0.15, 0.2) is 29.2 Å². The Balaban J connectivity index is 2.67. The Kier molecular flexibility index (Phi) is 5.35. The second-order valence-electron chi connectivity index (χ2n) is 4.24. The third kappa shape index (κ3) is 4.69. The van der Waals surface area contributed by atoms with Gasteiger partial charge in [-0.3, -0.25) is 9.00 Å². The maximum atomic E-state index is 11.9. The van der Waals surface area contributed by atoms with Gasteiger partial charge in [-0.05, 0) is 23.6 Å². The van der Waals surface area contributed by atoms with E-state index < -0.39 is 16.8 Å². The summed E-state index contributed by atoms with van der Waals surface area (Å²) in [6, 6.07) is 6.99. The van der Waals surface area contributed by atoms with Gasteiger partial charge in [-0.1, -0.05) is 32.4 Å². The minimum Gasteiger partial charge on any atom is -0.481 e. The fraction of sp³-hybridized carbons (Fsp3) is 0.462. The third-order valence-electron chi connectivity index (χ3n) is 2.67. The molecule has 0 radical (unpaired) electrons. The molecule has 17 heavy (non-hydrogen) atoms. The molecule has 2 atom stereocenters. The molecule has 2 unspecified atom stereocenters. The summed E-state index contributed by atoms with van der Waals surface area (Å²) >= 11 is 0. The van der Waals surface area contributed by atoms with Crippen LogP contribution in [0.2, 0.25) is 0 Å². The van der Waals surface area contributed by atoms with Crippen LogP contribution >= 0.6 is 0 Å². The normalized spacial score (nSPS) is 14.2. The molecule has 1 aromatic rings. The fourth-order valence-corrected chi connectivity index (χ4v) is 2.79. The van der Waals surface area contributed by atoms with Gasteiger partial charge in [-0.25, -0.2) is 0 Å². The van der Waals surface area contributed by atoms with Gasteiger partial charge < -0.3 is 5.11 Å². The molecule has 3 nitrogen and oxygen atoms in total. The Morgan fingerprint density at radius 3 is 2.41 bits per heavy atom. The molecule has 94 valence electrons. The Morgan fingerprint density at radius 2 is 1.94 bits per heavy atom. The first-order valence-corrected chi connectivity index (χ1v) is 7.04. The number of aliphatic carboxylic acids is 1. The van der Waals surface area contributed by atoms with Gasteiger partial charge in [0.2, 0.25) is 0 Å². The molecule has 0 aromatic heterocycles. The zero-order chi connectivity index (χ0) is 12.8. The molecule has 0 aliphatic heterocycles. The van der Waals surface area contributed by atoms with Crippen molar-refractivity contribution in [2.45, 2.75) is 31.6 Å². The van der Waals surface area contributed by atoms with Crippen LogP contribution in [0.3, 0.4) is 0 Å². The second kappa shape index (κ2) is 6.55. The molecule has 0 fully saturated rings. The Bertz CT molecular complexity index is 398. The quantitative estimate of drug-likeness (QED) is 0.848. The van der Waals surface area contributed by atoms with Gasteiger partial charge in [0.05, 0.1) is 17.2 Å². The monoisotopic (exact) mass is 254 g/mol. The largest absolute Gasteiger partial charge is 0.481 e.